The molecule has 0 saturated carbocycles. The summed E-state index contributed by atoms with van der Waals surface area (Å²) in [4.78, 5) is 3.54. The summed E-state index contributed by atoms with van der Waals surface area (Å²) in [5.74, 6) is 0. The lowest BCUT2D eigenvalue weighted by Crippen LogP contribution is -1.87. The van der Waals surface area contributed by atoms with Crippen molar-refractivity contribution in [1.29, 1.82) is 0 Å². The van der Waals surface area contributed by atoms with E-state index in [-0.39, 0.29) is 0 Å². The number of rotatable bonds is 2. The number of aromatic amines is 1. The van der Waals surface area contributed by atoms with Crippen LogP contribution in [0.3, 0.4) is 0 Å². The molecule has 0 spiro atoms. The predicted molar refractivity (Wildman–Crippen MR) is 145 cm³/mol. The number of benzene rings is 5. The molecular weight excluding hydrogens is 412 g/mol. The van der Waals surface area contributed by atoms with Crippen molar-refractivity contribution in [2.24, 2.45) is 7.05 Å². The quantitative estimate of drug-likeness (QED) is 0.280. The Morgan fingerprint density at radius 3 is 1.94 bits per heavy atom. The molecule has 1 N–H and O–H groups in total. The lowest BCUT2D eigenvalue weighted by Gasteiger charge is -2.10. The van der Waals surface area contributed by atoms with Gasteiger partial charge in [-0.2, -0.15) is 0 Å². The van der Waals surface area contributed by atoms with Crippen LogP contribution in [-0.2, 0) is 7.05 Å². The summed E-state index contributed by atoms with van der Waals surface area (Å²) in [6, 6.07) is 37.7. The second-order valence-corrected chi connectivity index (χ2v) is 9.33. The molecule has 2 aromatic heterocycles. The topological polar surface area (TPSA) is 20.7 Å². The van der Waals surface area contributed by atoms with E-state index in [1.54, 1.807) is 0 Å². The number of hydrogen-bond donors (Lipinski definition) is 1. The largest absolute Gasteiger partial charge is 0.355 e. The number of nitrogens with one attached hydrogen (secondary N) is 1. The molecule has 0 bridgehead atoms. The van der Waals surface area contributed by atoms with E-state index < -0.39 is 0 Å². The fourth-order valence-corrected chi connectivity index (χ4v) is 5.49. The number of para-hydroxylation sites is 2. The minimum Gasteiger partial charge on any atom is -0.355 e. The Labute approximate surface area is 198 Å². The number of fused-ring (bicyclic) bond motifs is 6. The second-order valence-electron chi connectivity index (χ2n) is 9.33. The Morgan fingerprint density at radius 2 is 1.12 bits per heavy atom. The first kappa shape index (κ1) is 19.2. The average Bonchev–Trinajstić information content (AvgIpc) is 3.38. The highest BCUT2D eigenvalue weighted by Gasteiger charge is 2.11. The zero-order valence-electron chi connectivity index (χ0n) is 19.3. The molecule has 162 valence electrons. The third-order valence-corrected chi connectivity index (χ3v) is 7.16. The highest BCUT2D eigenvalue weighted by Crippen LogP contribution is 2.35. The van der Waals surface area contributed by atoms with Gasteiger partial charge in [0.2, 0.25) is 0 Å². The van der Waals surface area contributed by atoms with Gasteiger partial charge in [-0.3, -0.25) is 0 Å². The highest BCUT2D eigenvalue weighted by molar-refractivity contribution is 6.10. The smallest absolute Gasteiger partial charge is 0.0489 e. The molecule has 5 aromatic carbocycles. The summed E-state index contributed by atoms with van der Waals surface area (Å²) < 4.78 is 2.28. The van der Waals surface area contributed by atoms with E-state index in [0.29, 0.717) is 0 Å². The Bertz CT molecular complexity index is 1880. The van der Waals surface area contributed by atoms with E-state index in [1.807, 2.05) is 0 Å². The lowest BCUT2D eigenvalue weighted by molar-refractivity contribution is 1.01. The van der Waals surface area contributed by atoms with Crippen LogP contribution in [0, 0.1) is 6.92 Å². The van der Waals surface area contributed by atoms with Gasteiger partial charge >= 0.3 is 0 Å². The van der Waals surface area contributed by atoms with Crippen molar-refractivity contribution in [2.75, 3.05) is 0 Å². The number of aromatic nitrogens is 2. The van der Waals surface area contributed by atoms with Crippen LogP contribution in [0.2, 0.25) is 0 Å². The monoisotopic (exact) mass is 436 g/mol. The molecule has 0 aliphatic heterocycles. The number of aryl methyl sites for hydroxylation is 2. The molecule has 7 rings (SSSR count). The third kappa shape index (κ3) is 2.82. The molecule has 0 unspecified atom stereocenters. The van der Waals surface area contributed by atoms with E-state index in [9.17, 15) is 0 Å². The molecule has 0 atom stereocenters. The van der Waals surface area contributed by atoms with E-state index in [1.165, 1.54) is 71.4 Å². The lowest BCUT2D eigenvalue weighted by atomic mass is 9.95. The van der Waals surface area contributed by atoms with Gasteiger partial charge in [0, 0.05) is 50.7 Å². The third-order valence-electron chi connectivity index (χ3n) is 7.16. The van der Waals surface area contributed by atoms with Crippen molar-refractivity contribution in [3.05, 3.63) is 109 Å². The standard InChI is InChI=1S/C32H24N2/c1-20-15-23(21-11-13-30-27(18-21)25-7-3-5-9-29(25)33-30)17-24(16-20)22-12-14-32-28(19-22)26-8-4-6-10-31(26)34(32)2/h3-19,33H,1-2H3. The van der Waals surface area contributed by atoms with Crippen molar-refractivity contribution in [3.8, 4) is 22.3 Å². The molecule has 2 nitrogen and oxygen atoms in total. The molecule has 0 amide bonds. The van der Waals surface area contributed by atoms with Crippen LogP contribution in [0.25, 0.3) is 65.9 Å². The maximum atomic E-state index is 3.54. The van der Waals surface area contributed by atoms with Crippen LogP contribution in [0.5, 0.6) is 0 Å². The van der Waals surface area contributed by atoms with Crippen LogP contribution < -0.4 is 0 Å². The molecule has 0 radical (unpaired) electrons. The molecule has 0 aliphatic carbocycles. The van der Waals surface area contributed by atoms with Gasteiger partial charge in [0.1, 0.15) is 0 Å². The van der Waals surface area contributed by atoms with Gasteiger partial charge in [-0.15, -0.1) is 0 Å². The van der Waals surface area contributed by atoms with Gasteiger partial charge in [-0.25, -0.2) is 0 Å². The van der Waals surface area contributed by atoms with Gasteiger partial charge in [0.05, 0.1) is 0 Å². The van der Waals surface area contributed by atoms with Crippen molar-refractivity contribution in [1.82, 2.24) is 9.55 Å². The van der Waals surface area contributed by atoms with Crippen molar-refractivity contribution in [2.45, 2.75) is 6.92 Å². The summed E-state index contributed by atoms with van der Waals surface area (Å²) >= 11 is 0. The zero-order chi connectivity index (χ0) is 22.8. The van der Waals surface area contributed by atoms with Gasteiger partial charge in [0.25, 0.3) is 0 Å². The van der Waals surface area contributed by atoms with Crippen molar-refractivity contribution in [3.63, 3.8) is 0 Å². The maximum Gasteiger partial charge on any atom is 0.0489 e. The summed E-state index contributed by atoms with van der Waals surface area (Å²) in [5.41, 5.74) is 11.2. The van der Waals surface area contributed by atoms with Crippen molar-refractivity contribution < 1.29 is 0 Å². The van der Waals surface area contributed by atoms with Crippen LogP contribution in [-0.4, -0.2) is 9.55 Å². The van der Waals surface area contributed by atoms with Gasteiger partial charge in [0.15, 0.2) is 0 Å². The van der Waals surface area contributed by atoms with Gasteiger partial charge in [-0.1, -0.05) is 60.7 Å². The number of H-pyrrole nitrogens is 1. The molecular formula is C32H24N2. The molecule has 2 heterocycles. The number of hydrogen-bond acceptors (Lipinski definition) is 0. The van der Waals surface area contributed by atoms with Crippen molar-refractivity contribution >= 4 is 43.6 Å². The van der Waals surface area contributed by atoms with E-state index in [2.05, 4.69) is 127 Å². The second kappa shape index (κ2) is 7.10. The fourth-order valence-electron chi connectivity index (χ4n) is 5.49. The Kier molecular flexibility index (Phi) is 4.01. The minimum atomic E-state index is 1.18. The first-order chi connectivity index (χ1) is 16.7. The normalized spacial score (nSPS) is 11.8. The SMILES string of the molecule is Cc1cc(-c2ccc3[nH]c4ccccc4c3c2)cc(-c2ccc3c(c2)c2ccccc2n3C)c1. The van der Waals surface area contributed by atoms with E-state index >= 15 is 0 Å². The van der Waals surface area contributed by atoms with Gasteiger partial charge < -0.3 is 9.55 Å². The molecule has 7 aromatic rings. The maximum absolute atomic E-state index is 3.54. The Morgan fingerprint density at radius 1 is 0.500 bits per heavy atom. The first-order valence-corrected chi connectivity index (χ1v) is 11.8. The minimum absolute atomic E-state index is 1.18. The van der Waals surface area contributed by atoms with Crippen LogP contribution in [0.15, 0.2) is 103 Å². The zero-order valence-corrected chi connectivity index (χ0v) is 19.3. The van der Waals surface area contributed by atoms with Crippen LogP contribution in [0.4, 0.5) is 0 Å². The predicted octanol–water partition coefficient (Wildman–Crippen LogP) is 8.61. The fraction of sp³-hybridized carbons (Fsp3) is 0.0625. The summed E-state index contributed by atoms with van der Waals surface area (Å²) in [5, 5.41) is 5.15. The highest BCUT2D eigenvalue weighted by atomic mass is 14.9. The average molecular weight is 437 g/mol. The summed E-state index contributed by atoms with van der Waals surface area (Å²) in [6.45, 7) is 2.19. The molecule has 34 heavy (non-hydrogen) atoms. The van der Waals surface area contributed by atoms with Crippen LogP contribution >= 0.6 is 0 Å². The van der Waals surface area contributed by atoms with Gasteiger partial charge in [-0.05, 0) is 77.2 Å². The summed E-state index contributed by atoms with van der Waals surface area (Å²) in [7, 11) is 2.15. The first-order valence-electron chi connectivity index (χ1n) is 11.8. The van der Waals surface area contributed by atoms with E-state index in [0.717, 1.165) is 0 Å². The Hall–Kier alpha value is -4.30. The van der Waals surface area contributed by atoms with E-state index in [4.69, 9.17) is 0 Å². The molecule has 2 heteroatoms. The molecule has 0 fully saturated rings. The molecule has 0 saturated heterocycles. The molecule has 0 aliphatic rings. The summed E-state index contributed by atoms with van der Waals surface area (Å²) in [6.07, 6.45) is 0. The Balaban J connectivity index is 1.40. The number of nitrogens with zero attached hydrogens (tertiary/aromatic N) is 1. The van der Waals surface area contributed by atoms with Crippen LogP contribution in [0.1, 0.15) is 5.56 Å².